The van der Waals surface area contributed by atoms with E-state index in [9.17, 15) is 10.2 Å². The number of amidine groups is 1. The van der Waals surface area contributed by atoms with Crippen molar-refractivity contribution in [3.8, 4) is 6.19 Å². The summed E-state index contributed by atoms with van der Waals surface area (Å²) in [6.07, 6.45) is 9.16. The van der Waals surface area contributed by atoms with Crippen LogP contribution in [0.2, 0.25) is 0 Å². The number of allylic oxidation sites excluding steroid dienone is 4. The van der Waals surface area contributed by atoms with Gasteiger partial charge in [0, 0.05) is 31.2 Å². The van der Waals surface area contributed by atoms with Crippen LogP contribution in [0.4, 0.5) is 0 Å². The molecule has 8 nitrogen and oxygen atoms in total. The molecule has 32 heavy (non-hydrogen) atoms. The van der Waals surface area contributed by atoms with Crippen LogP contribution in [0.1, 0.15) is 38.8 Å². The third kappa shape index (κ3) is 3.87. The van der Waals surface area contributed by atoms with Gasteiger partial charge in [-0.3, -0.25) is 0 Å². The van der Waals surface area contributed by atoms with Crippen LogP contribution in [-0.4, -0.2) is 46.2 Å². The lowest BCUT2D eigenvalue weighted by atomic mass is 9.86. The summed E-state index contributed by atoms with van der Waals surface area (Å²) in [5.41, 5.74) is 11.6. The highest BCUT2D eigenvalue weighted by atomic mass is 16.5. The van der Waals surface area contributed by atoms with Crippen molar-refractivity contribution in [3.63, 3.8) is 0 Å². The second-order valence-electron chi connectivity index (χ2n) is 8.73. The second-order valence-corrected chi connectivity index (χ2v) is 8.73. The number of hydrogen-bond acceptors (Lipinski definition) is 7. The average molecular weight is 434 g/mol. The Hall–Kier alpha value is -3.57. The van der Waals surface area contributed by atoms with E-state index in [4.69, 9.17) is 15.5 Å². The molecule has 166 valence electrons. The fourth-order valence-electron chi connectivity index (χ4n) is 4.46. The standard InChI is InChI=1S/C24H27N5O3/c1-13(2)17-9-18(20(31)10-19(17)30)23-21(22(28-32-23)24(26)27-12-25)15-4-5-16-11-29(3)7-6-14(16)8-15/h4-5,10,13,30-31H,6-9,11H2,1-3H3,(H2,26,27). The SMILES string of the molecule is CC(C)C1=C(O)C=C(O)C(=c2onc(C(N)=NC#N)c2=C2C=CC3=C(CCN(C)C3)C2)C1. The molecule has 2 aliphatic carbocycles. The monoisotopic (exact) mass is 433 g/mol. The minimum atomic E-state index is -0.0776. The van der Waals surface area contributed by atoms with Crippen LogP contribution in [0, 0.1) is 17.4 Å². The maximum atomic E-state index is 10.7. The number of nitrogens with zero attached hydrogens (tertiary/aromatic N) is 4. The van der Waals surface area contributed by atoms with E-state index in [1.165, 1.54) is 17.2 Å². The van der Waals surface area contributed by atoms with E-state index in [0.717, 1.165) is 30.7 Å². The predicted molar refractivity (Wildman–Crippen MR) is 122 cm³/mol. The Labute approximate surface area is 186 Å². The summed E-state index contributed by atoms with van der Waals surface area (Å²) in [5, 5.41) is 34.7. The third-order valence-electron chi connectivity index (χ3n) is 6.26. The summed E-state index contributed by atoms with van der Waals surface area (Å²) in [4.78, 5) is 5.95. The number of nitrogens with two attached hydrogens (primary N) is 1. The van der Waals surface area contributed by atoms with E-state index < -0.39 is 0 Å². The van der Waals surface area contributed by atoms with E-state index in [1.807, 2.05) is 19.9 Å². The molecule has 4 N–H and O–H groups in total. The molecule has 0 aromatic carbocycles. The van der Waals surface area contributed by atoms with Crippen LogP contribution in [-0.2, 0) is 0 Å². The number of rotatable bonds is 2. The molecule has 4 rings (SSSR count). The molecular weight excluding hydrogens is 406 g/mol. The average Bonchev–Trinajstić information content (AvgIpc) is 3.18. The molecule has 0 amide bonds. The summed E-state index contributed by atoms with van der Waals surface area (Å²) >= 11 is 0. The van der Waals surface area contributed by atoms with Crippen LogP contribution in [0.15, 0.2) is 56.0 Å². The van der Waals surface area contributed by atoms with Crippen LogP contribution < -0.4 is 16.4 Å². The van der Waals surface area contributed by atoms with Gasteiger partial charge >= 0.3 is 0 Å². The zero-order valence-corrected chi connectivity index (χ0v) is 18.5. The molecule has 0 unspecified atom stereocenters. The van der Waals surface area contributed by atoms with Crippen molar-refractivity contribution < 1.29 is 14.7 Å². The van der Waals surface area contributed by atoms with Crippen molar-refractivity contribution in [3.05, 3.63) is 62.8 Å². The Morgan fingerprint density at radius 3 is 2.75 bits per heavy atom. The first kappa shape index (κ1) is 21.7. The van der Waals surface area contributed by atoms with Crippen molar-refractivity contribution in [2.45, 2.75) is 33.1 Å². The first-order chi connectivity index (χ1) is 15.3. The van der Waals surface area contributed by atoms with Crippen LogP contribution in [0.3, 0.4) is 0 Å². The molecule has 0 saturated carbocycles. The van der Waals surface area contributed by atoms with Crippen LogP contribution >= 0.6 is 0 Å². The maximum Gasteiger partial charge on any atom is 0.207 e. The summed E-state index contributed by atoms with van der Waals surface area (Å²) in [7, 11) is 2.11. The summed E-state index contributed by atoms with van der Waals surface area (Å²) < 4.78 is 5.70. The van der Waals surface area contributed by atoms with Gasteiger partial charge in [-0.15, -0.1) is 0 Å². The number of aromatic nitrogens is 1. The highest BCUT2D eigenvalue weighted by molar-refractivity contribution is 5.97. The van der Waals surface area contributed by atoms with Crippen LogP contribution in [0.25, 0.3) is 11.1 Å². The highest BCUT2D eigenvalue weighted by Crippen LogP contribution is 2.32. The van der Waals surface area contributed by atoms with Crippen molar-refractivity contribution in [2.24, 2.45) is 16.6 Å². The van der Waals surface area contributed by atoms with Gasteiger partial charge in [-0.2, -0.15) is 10.3 Å². The van der Waals surface area contributed by atoms with Gasteiger partial charge in [-0.1, -0.05) is 36.7 Å². The second kappa shape index (κ2) is 8.52. The van der Waals surface area contributed by atoms with Gasteiger partial charge in [0.05, 0.1) is 5.22 Å². The fraction of sp³-hybridized carbons (Fsp3) is 0.375. The molecule has 0 bridgehead atoms. The van der Waals surface area contributed by atoms with Gasteiger partial charge in [-0.25, -0.2) is 0 Å². The number of aliphatic hydroxyl groups is 2. The summed E-state index contributed by atoms with van der Waals surface area (Å²) in [6, 6.07) is 0. The molecule has 1 aliphatic heterocycles. The zero-order chi connectivity index (χ0) is 23.0. The van der Waals surface area contributed by atoms with Gasteiger partial charge in [-0.05, 0) is 42.5 Å². The van der Waals surface area contributed by atoms with Gasteiger partial charge in [0.1, 0.15) is 11.5 Å². The van der Waals surface area contributed by atoms with Gasteiger partial charge < -0.3 is 25.4 Å². The van der Waals surface area contributed by atoms with Crippen molar-refractivity contribution in [1.29, 1.82) is 5.26 Å². The zero-order valence-electron chi connectivity index (χ0n) is 18.5. The number of aliphatic hydroxyl groups excluding tert-OH is 2. The lowest BCUT2D eigenvalue weighted by molar-refractivity contribution is 0.349. The normalized spacial score (nSPS) is 23.5. The Kier molecular flexibility index (Phi) is 5.76. The molecule has 0 saturated heterocycles. The molecule has 0 radical (unpaired) electrons. The molecule has 0 atom stereocenters. The van der Waals surface area contributed by atoms with Gasteiger partial charge in [0.15, 0.2) is 16.9 Å². The lowest BCUT2D eigenvalue weighted by Crippen LogP contribution is -2.35. The molecule has 3 aliphatic rings. The van der Waals surface area contributed by atoms with Crippen molar-refractivity contribution in [1.82, 2.24) is 10.1 Å². The number of nitriles is 1. The molecular formula is C24H27N5O3. The molecule has 8 heteroatoms. The Morgan fingerprint density at radius 2 is 2.03 bits per heavy atom. The highest BCUT2D eigenvalue weighted by Gasteiger charge is 2.25. The molecule has 1 aromatic rings. The number of hydrogen-bond donors (Lipinski definition) is 3. The molecule has 0 spiro atoms. The molecule has 2 heterocycles. The van der Waals surface area contributed by atoms with E-state index in [2.05, 4.69) is 28.2 Å². The fourth-order valence-corrected chi connectivity index (χ4v) is 4.46. The minimum Gasteiger partial charge on any atom is -0.508 e. The first-order valence-corrected chi connectivity index (χ1v) is 10.6. The number of likely N-dealkylation sites (N-methyl/N-ethyl adjacent to an activating group) is 1. The van der Waals surface area contributed by atoms with Crippen LogP contribution in [0.5, 0.6) is 0 Å². The maximum absolute atomic E-state index is 10.7. The first-order valence-electron chi connectivity index (χ1n) is 10.6. The molecule has 0 fully saturated rings. The van der Waals surface area contributed by atoms with Gasteiger partial charge in [0.2, 0.25) is 6.19 Å². The number of aliphatic imine (C=N–C) groups is 1. The Bertz CT molecular complexity index is 1280. The smallest absolute Gasteiger partial charge is 0.207 e. The van der Waals surface area contributed by atoms with E-state index in [1.54, 1.807) is 6.19 Å². The van der Waals surface area contributed by atoms with Crippen molar-refractivity contribution >= 4 is 17.0 Å². The third-order valence-corrected chi connectivity index (χ3v) is 6.26. The lowest BCUT2D eigenvalue weighted by Gasteiger charge is -2.29. The van der Waals surface area contributed by atoms with E-state index in [-0.39, 0.29) is 29.0 Å². The quantitative estimate of drug-likeness (QED) is 0.369. The van der Waals surface area contributed by atoms with Gasteiger partial charge in [0.25, 0.3) is 0 Å². The van der Waals surface area contributed by atoms with Crippen molar-refractivity contribution in [2.75, 3.05) is 20.1 Å². The van der Waals surface area contributed by atoms with E-state index in [0.29, 0.717) is 29.0 Å². The Morgan fingerprint density at radius 1 is 1.28 bits per heavy atom. The summed E-state index contributed by atoms with van der Waals surface area (Å²) in [6.45, 7) is 5.86. The minimum absolute atomic E-state index is 0.0381. The topological polar surface area (TPSA) is 132 Å². The predicted octanol–water partition coefficient (Wildman–Crippen LogP) is 2.07. The Balaban J connectivity index is 1.97. The molecule has 1 aromatic heterocycles. The largest absolute Gasteiger partial charge is 0.508 e. The van der Waals surface area contributed by atoms with E-state index >= 15 is 0 Å². The summed E-state index contributed by atoms with van der Waals surface area (Å²) in [5.74, 6) is 0.0363.